The maximum absolute atomic E-state index is 13.7. The number of aldehydes is 1. The van der Waals surface area contributed by atoms with Crippen molar-refractivity contribution in [1.82, 2.24) is 9.80 Å². The SMILES string of the molecule is O=CCN1CCC[C@]1(C(=O)O)N(C[C@H]1CN(c2ccc(N3CCOCC3=O)cc2)C(=O)O1)C(=O)c1ccc(Cl)s1. The summed E-state index contributed by atoms with van der Waals surface area (Å²) >= 11 is 7.08. The lowest BCUT2D eigenvalue weighted by Gasteiger charge is -2.43. The number of hydrogen-bond acceptors (Lipinski definition) is 9. The average Bonchev–Trinajstić information content (AvgIpc) is 3.66. The highest BCUT2D eigenvalue weighted by Gasteiger charge is 2.55. The summed E-state index contributed by atoms with van der Waals surface area (Å²) in [6.07, 6.45) is -0.315. The summed E-state index contributed by atoms with van der Waals surface area (Å²) in [5.74, 6) is -2.00. The lowest BCUT2D eigenvalue weighted by molar-refractivity contribution is -0.162. The molecule has 0 unspecified atom stereocenters. The number of morpholine rings is 1. The Hall–Kier alpha value is -3.52. The zero-order chi connectivity index (χ0) is 28.4. The van der Waals surface area contributed by atoms with Crippen LogP contribution in [0.15, 0.2) is 36.4 Å². The number of aliphatic carboxylic acids is 1. The molecule has 3 saturated heterocycles. The fourth-order valence-corrected chi connectivity index (χ4v) is 6.45. The van der Waals surface area contributed by atoms with Crippen LogP contribution in [0.4, 0.5) is 16.2 Å². The van der Waals surface area contributed by atoms with E-state index in [-0.39, 0.29) is 43.4 Å². The Morgan fingerprint density at radius 1 is 1.12 bits per heavy atom. The molecule has 2 aromatic rings. The molecule has 3 amide bonds. The number of hydrogen-bond donors (Lipinski definition) is 1. The third kappa shape index (κ3) is 5.17. The van der Waals surface area contributed by atoms with Crippen LogP contribution in [0.5, 0.6) is 0 Å². The Labute approximate surface area is 238 Å². The second-order valence-corrected chi connectivity index (χ2v) is 11.3. The predicted octanol–water partition coefficient (Wildman–Crippen LogP) is 2.31. The number of thiophene rings is 1. The minimum atomic E-state index is -1.79. The molecule has 3 aliphatic rings. The van der Waals surface area contributed by atoms with Crippen LogP contribution in [0.1, 0.15) is 22.5 Å². The minimum Gasteiger partial charge on any atom is -0.478 e. The summed E-state index contributed by atoms with van der Waals surface area (Å²) in [6.45, 7) is 0.868. The fourth-order valence-electron chi connectivity index (χ4n) is 5.45. The van der Waals surface area contributed by atoms with E-state index in [1.54, 1.807) is 35.2 Å². The molecule has 1 N–H and O–H groups in total. The van der Waals surface area contributed by atoms with Gasteiger partial charge in [0.25, 0.3) is 11.8 Å². The van der Waals surface area contributed by atoms with E-state index in [2.05, 4.69) is 0 Å². The van der Waals surface area contributed by atoms with E-state index in [1.165, 1.54) is 20.8 Å². The monoisotopic (exact) mass is 590 g/mol. The summed E-state index contributed by atoms with van der Waals surface area (Å²) in [4.78, 5) is 68.9. The Kier molecular flexibility index (Phi) is 8.08. The van der Waals surface area contributed by atoms with Gasteiger partial charge in [0.05, 0.1) is 35.5 Å². The zero-order valence-corrected chi connectivity index (χ0v) is 22.9. The van der Waals surface area contributed by atoms with Crippen LogP contribution >= 0.6 is 22.9 Å². The van der Waals surface area contributed by atoms with Crippen LogP contribution in [-0.4, -0.2) is 103 Å². The first-order valence-electron chi connectivity index (χ1n) is 12.7. The average molecular weight is 591 g/mol. The molecule has 1 aromatic heterocycles. The van der Waals surface area contributed by atoms with E-state index in [0.29, 0.717) is 48.1 Å². The van der Waals surface area contributed by atoms with Gasteiger partial charge >= 0.3 is 12.1 Å². The topological polar surface area (TPSA) is 137 Å². The zero-order valence-electron chi connectivity index (χ0n) is 21.4. The number of rotatable bonds is 9. The Balaban J connectivity index is 1.39. The summed E-state index contributed by atoms with van der Waals surface area (Å²) in [6, 6.07) is 9.91. The standard InChI is InChI=1S/C26H27ClN4O8S/c27-21-7-6-20(40-21)23(34)31(26(24(35)36)8-1-9-28(26)10-12-32)15-19-14-30(25(37)39-19)18-4-2-17(3-5-18)29-11-13-38-16-22(29)33/h2-7,12,19H,1,8-11,13-16H2,(H,35,36)/t19-,26-/m1/s1. The number of carboxylic acids is 1. The second kappa shape index (κ2) is 11.5. The molecule has 40 heavy (non-hydrogen) atoms. The lowest BCUT2D eigenvalue weighted by Crippen LogP contribution is -2.66. The molecule has 1 aromatic carbocycles. The van der Waals surface area contributed by atoms with Crippen LogP contribution in [0.2, 0.25) is 4.34 Å². The second-order valence-electron chi connectivity index (χ2n) is 9.59. The van der Waals surface area contributed by atoms with Crippen molar-refractivity contribution in [3.8, 4) is 0 Å². The van der Waals surface area contributed by atoms with E-state index >= 15 is 0 Å². The molecule has 14 heteroatoms. The van der Waals surface area contributed by atoms with Crippen molar-refractivity contribution in [3.05, 3.63) is 45.6 Å². The van der Waals surface area contributed by atoms with Crippen LogP contribution in [0, 0.1) is 0 Å². The molecule has 0 bridgehead atoms. The van der Waals surface area contributed by atoms with Gasteiger partial charge < -0.3 is 29.2 Å². The van der Waals surface area contributed by atoms with Crippen molar-refractivity contribution in [3.63, 3.8) is 0 Å². The van der Waals surface area contributed by atoms with Crippen molar-refractivity contribution >= 4 is 64.5 Å². The molecule has 3 aliphatic heterocycles. The number of ether oxygens (including phenoxy) is 2. The van der Waals surface area contributed by atoms with Crippen molar-refractivity contribution in [1.29, 1.82) is 0 Å². The maximum atomic E-state index is 13.7. The van der Waals surface area contributed by atoms with E-state index in [4.69, 9.17) is 21.1 Å². The molecule has 2 atom stereocenters. The number of carboxylic acid groups (broad SMARTS) is 1. The Morgan fingerprint density at radius 3 is 2.48 bits per heavy atom. The number of anilines is 2. The summed E-state index contributed by atoms with van der Waals surface area (Å²) in [5.41, 5.74) is -0.593. The number of likely N-dealkylation sites (tertiary alicyclic amines) is 1. The van der Waals surface area contributed by atoms with E-state index < -0.39 is 29.7 Å². The number of halogens is 1. The fraction of sp³-hybridized carbons (Fsp3) is 0.423. The highest BCUT2D eigenvalue weighted by molar-refractivity contribution is 7.18. The third-order valence-electron chi connectivity index (χ3n) is 7.31. The van der Waals surface area contributed by atoms with Gasteiger partial charge in [-0.2, -0.15) is 0 Å². The molecule has 3 fully saturated rings. The Morgan fingerprint density at radius 2 is 1.85 bits per heavy atom. The summed E-state index contributed by atoms with van der Waals surface area (Å²) in [7, 11) is 0. The normalized spacial score (nSPS) is 23.4. The first-order chi connectivity index (χ1) is 19.2. The molecular formula is C26H27ClN4O8S. The first kappa shape index (κ1) is 28.0. The van der Waals surface area contributed by atoms with Gasteiger partial charge in [-0.1, -0.05) is 11.6 Å². The molecule has 12 nitrogen and oxygen atoms in total. The lowest BCUT2D eigenvalue weighted by atomic mass is 10.0. The van der Waals surface area contributed by atoms with Crippen molar-refractivity contribution in [2.75, 3.05) is 55.7 Å². The highest BCUT2D eigenvalue weighted by atomic mass is 35.5. The van der Waals surface area contributed by atoms with E-state index in [9.17, 15) is 29.1 Å². The predicted molar refractivity (Wildman–Crippen MR) is 145 cm³/mol. The molecule has 0 aliphatic carbocycles. The van der Waals surface area contributed by atoms with Crippen molar-refractivity contribution in [2.45, 2.75) is 24.6 Å². The molecule has 0 spiro atoms. The first-order valence-corrected chi connectivity index (χ1v) is 13.9. The van der Waals surface area contributed by atoms with Crippen molar-refractivity contribution in [2.24, 2.45) is 0 Å². The van der Waals surface area contributed by atoms with Gasteiger partial charge in [-0.25, -0.2) is 9.59 Å². The smallest absolute Gasteiger partial charge is 0.414 e. The molecule has 0 saturated carbocycles. The quantitative estimate of drug-likeness (QED) is 0.436. The van der Waals surface area contributed by atoms with Crippen LogP contribution < -0.4 is 9.80 Å². The van der Waals surface area contributed by atoms with E-state index in [1.807, 2.05) is 0 Å². The molecule has 4 heterocycles. The molecular weight excluding hydrogens is 564 g/mol. The molecule has 0 radical (unpaired) electrons. The van der Waals surface area contributed by atoms with Gasteiger partial charge in [0.15, 0.2) is 5.66 Å². The van der Waals surface area contributed by atoms with E-state index in [0.717, 1.165) is 11.3 Å². The number of carbonyl (C=O) groups excluding carboxylic acids is 4. The number of amides is 3. The summed E-state index contributed by atoms with van der Waals surface area (Å²) < 4.78 is 11.1. The van der Waals surface area contributed by atoms with Crippen molar-refractivity contribution < 1.29 is 38.6 Å². The highest BCUT2D eigenvalue weighted by Crippen LogP contribution is 2.37. The maximum Gasteiger partial charge on any atom is 0.414 e. The van der Waals surface area contributed by atoms with Gasteiger partial charge in [0.1, 0.15) is 19.0 Å². The molecule has 5 rings (SSSR count). The van der Waals surface area contributed by atoms with Gasteiger partial charge in [0.2, 0.25) is 0 Å². The van der Waals surface area contributed by atoms with Crippen LogP contribution in [0.25, 0.3) is 0 Å². The van der Waals surface area contributed by atoms with Gasteiger partial charge in [-0.05, 0) is 49.2 Å². The third-order valence-corrected chi connectivity index (χ3v) is 8.53. The number of carbonyl (C=O) groups is 5. The number of benzene rings is 1. The summed E-state index contributed by atoms with van der Waals surface area (Å²) in [5, 5.41) is 10.4. The van der Waals surface area contributed by atoms with Crippen LogP contribution in [-0.2, 0) is 23.9 Å². The van der Waals surface area contributed by atoms with Gasteiger partial charge in [-0.3, -0.25) is 19.4 Å². The van der Waals surface area contributed by atoms with Gasteiger partial charge in [-0.15, -0.1) is 11.3 Å². The number of cyclic esters (lactones) is 1. The minimum absolute atomic E-state index is 0.0108. The van der Waals surface area contributed by atoms with Crippen LogP contribution in [0.3, 0.4) is 0 Å². The molecule has 212 valence electrons. The largest absolute Gasteiger partial charge is 0.478 e. The Bertz CT molecular complexity index is 1320. The number of nitrogens with zero attached hydrogens (tertiary/aromatic N) is 4. The van der Waals surface area contributed by atoms with Gasteiger partial charge in [0, 0.05) is 24.5 Å².